The van der Waals surface area contributed by atoms with Crippen LogP contribution < -0.4 is 5.73 Å². The lowest BCUT2D eigenvalue weighted by molar-refractivity contribution is 0.318. The Hall–Kier alpha value is -2.16. The summed E-state index contributed by atoms with van der Waals surface area (Å²) in [4.78, 5) is 8.16. The number of nitriles is 1. The van der Waals surface area contributed by atoms with Gasteiger partial charge >= 0.3 is 0 Å². The fourth-order valence-corrected chi connectivity index (χ4v) is 3.55. The number of fused-ring (bicyclic) bond motifs is 1. The molecule has 0 unspecified atom stereocenters. The van der Waals surface area contributed by atoms with Gasteiger partial charge in [-0.05, 0) is 18.1 Å². The molecule has 0 radical (unpaired) electrons. The average molecular weight is 310 g/mol. The number of anilines is 1. The van der Waals surface area contributed by atoms with Gasteiger partial charge in [0.2, 0.25) is 0 Å². The van der Waals surface area contributed by atoms with Crippen LogP contribution in [0.2, 0.25) is 0 Å². The third-order valence-electron chi connectivity index (χ3n) is 3.86. The molecule has 22 heavy (non-hydrogen) atoms. The van der Waals surface area contributed by atoms with E-state index in [1.165, 1.54) is 10.6 Å². The summed E-state index contributed by atoms with van der Waals surface area (Å²) in [5, 5.41) is 9.78. The molecule has 0 atom stereocenters. The van der Waals surface area contributed by atoms with Crippen molar-refractivity contribution < 1.29 is 0 Å². The van der Waals surface area contributed by atoms with Crippen molar-refractivity contribution in [3.63, 3.8) is 0 Å². The number of rotatable bonds is 3. The van der Waals surface area contributed by atoms with E-state index < -0.39 is 0 Å². The minimum atomic E-state index is 0.687. The van der Waals surface area contributed by atoms with Crippen LogP contribution in [-0.2, 0) is 12.8 Å². The number of nitrogens with zero attached hydrogens (tertiary/aromatic N) is 3. The second kappa shape index (κ2) is 6.73. The van der Waals surface area contributed by atoms with Crippen LogP contribution in [0.3, 0.4) is 0 Å². The zero-order valence-electron chi connectivity index (χ0n) is 12.3. The highest BCUT2D eigenvalue weighted by Gasteiger charge is 2.16. The molecule has 0 bridgehead atoms. The Morgan fingerprint density at radius 1 is 1.32 bits per heavy atom. The minimum Gasteiger partial charge on any atom is -0.375 e. The molecule has 2 heterocycles. The summed E-state index contributed by atoms with van der Waals surface area (Å²) < 4.78 is 0. The quantitative estimate of drug-likeness (QED) is 0.946. The van der Waals surface area contributed by atoms with Gasteiger partial charge in [-0.1, -0.05) is 30.4 Å². The van der Waals surface area contributed by atoms with Crippen molar-refractivity contribution >= 4 is 22.5 Å². The second-order valence-corrected chi connectivity index (χ2v) is 6.44. The Balaban J connectivity index is 1.60. The molecule has 1 aliphatic heterocycles. The molecule has 1 aromatic carbocycles. The first-order valence-corrected chi connectivity index (χ1v) is 8.20. The van der Waals surface area contributed by atoms with Crippen molar-refractivity contribution in [1.29, 1.82) is 5.26 Å². The summed E-state index contributed by atoms with van der Waals surface area (Å²) in [5.74, 6) is 0. The van der Waals surface area contributed by atoms with Crippen LogP contribution in [0.5, 0.6) is 0 Å². The van der Waals surface area contributed by atoms with Crippen LogP contribution in [0.1, 0.15) is 21.7 Å². The van der Waals surface area contributed by atoms with E-state index in [0.717, 1.165) is 43.6 Å². The van der Waals surface area contributed by atoms with Gasteiger partial charge in [0.05, 0.1) is 17.3 Å². The third-order valence-corrected chi connectivity index (χ3v) is 4.84. The van der Waals surface area contributed by atoms with Crippen molar-refractivity contribution in [3.8, 4) is 6.07 Å². The number of hydrogen-bond donors (Lipinski definition) is 1. The van der Waals surface area contributed by atoms with Crippen LogP contribution in [0, 0.1) is 11.3 Å². The van der Waals surface area contributed by atoms with Crippen molar-refractivity contribution in [2.45, 2.75) is 12.8 Å². The lowest BCUT2D eigenvalue weighted by Crippen LogP contribution is -2.26. The molecule has 0 aliphatic carbocycles. The Bertz CT molecular complexity index is 701. The fraction of sp³-hybridized carbons (Fsp3) is 0.294. The molecule has 0 fully saturated rings. The lowest BCUT2D eigenvalue weighted by Gasteiger charge is -2.17. The van der Waals surface area contributed by atoms with Crippen molar-refractivity contribution in [3.05, 3.63) is 52.0 Å². The molecule has 3 rings (SSSR count). The zero-order chi connectivity index (χ0) is 15.4. The van der Waals surface area contributed by atoms with Gasteiger partial charge in [-0.25, -0.2) is 4.98 Å². The molecule has 1 aromatic heterocycles. The molecule has 0 amide bonds. The second-order valence-electron chi connectivity index (χ2n) is 5.32. The van der Waals surface area contributed by atoms with Crippen molar-refractivity contribution in [2.24, 2.45) is 0 Å². The molecule has 0 spiro atoms. The SMILES string of the molecule is N#Cc1ccccc1C=CCN1CCc2nc(N)sc2CC1. The standard InChI is InChI=1S/C17H18N4S/c18-12-14-5-2-1-4-13(14)6-3-9-21-10-7-15-16(8-11-21)22-17(19)20-15/h1-6H,7-11H2,(H2,19,20). The number of nitrogens with two attached hydrogens (primary N) is 1. The largest absolute Gasteiger partial charge is 0.375 e. The normalized spacial score (nSPS) is 15.4. The summed E-state index contributed by atoms with van der Waals surface area (Å²) in [6.45, 7) is 2.92. The van der Waals surface area contributed by atoms with E-state index in [-0.39, 0.29) is 0 Å². The van der Waals surface area contributed by atoms with E-state index in [1.807, 2.05) is 30.3 Å². The molecule has 0 saturated carbocycles. The van der Waals surface area contributed by atoms with E-state index in [4.69, 9.17) is 11.0 Å². The molecule has 1 aliphatic rings. The summed E-state index contributed by atoms with van der Waals surface area (Å²) in [7, 11) is 0. The molecule has 112 valence electrons. The smallest absolute Gasteiger partial charge is 0.180 e. The molecule has 2 aromatic rings. The van der Waals surface area contributed by atoms with Crippen LogP contribution in [-0.4, -0.2) is 29.5 Å². The fourth-order valence-electron chi connectivity index (χ4n) is 2.68. The molecule has 0 saturated heterocycles. The highest BCUT2D eigenvalue weighted by atomic mass is 32.1. The molecule has 5 heteroatoms. The summed E-state index contributed by atoms with van der Waals surface area (Å²) in [6.07, 6.45) is 6.16. The molecular weight excluding hydrogens is 292 g/mol. The van der Waals surface area contributed by atoms with E-state index in [2.05, 4.69) is 22.0 Å². The van der Waals surface area contributed by atoms with Gasteiger partial charge in [0.15, 0.2) is 5.13 Å². The van der Waals surface area contributed by atoms with Crippen molar-refractivity contribution in [2.75, 3.05) is 25.4 Å². The number of nitrogen functional groups attached to an aromatic ring is 1. The van der Waals surface area contributed by atoms with Gasteiger partial charge < -0.3 is 5.73 Å². The van der Waals surface area contributed by atoms with Crippen LogP contribution >= 0.6 is 11.3 Å². The van der Waals surface area contributed by atoms with Gasteiger partial charge in [-0.3, -0.25) is 4.90 Å². The predicted octanol–water partition coefficient (Wildman–Crippen LogP) is 2.71. The van der Waals surface area contributed by atoms with E-state index >= 15 is 0 Å². The van der Waals surface area contributed by atoms with Crippen molar-refractivity contribution in [1.82, 2.24) is 9.88 Å². The summed E-state index contributed by atoms with van der Waals surface area (Å²) in [6, 6.07) is 9.89. The highest BCUT2D eigenvalue weighted by Crippen LogP contribution is 2.24. The Labute approximate surface area is 134 Å². The van der Waals surface area contributed by atoms with Gasteiger partial charge in [0.25, 0.3) is 0 Å². The molecule has 4 nitrogen and oxygen atoms in total. The van der Waals surface area contributed by atoms with Gasteiger partial charge in [-0.2, -0.15) is 5.26 Å². The summed E-state index contributed by atoms with van der Waals surface area (Å²) >= 11 is 1.62. The maximum atomic E-state index is 9.09. The minimum absolute atomic E-state index is 0.687. The first-order chi connectivity index (χ1) is 10.8. The number of benzene rings is 1. The van der Waals surface area contributed by atoms with E-state index in [1.54, 1.807) is 11.3 Å². The van der Waals surface area contributed by atoms with Crippen LogP contribution in [0.15, 0.2) is 30.3 Å². The number of thiazole rings is 1. The monoisotopic (exact) mass is 310 g/mol. The van der Waals surface area contributed by atoms with E-state index in [9.17, 15) is 0 Å². The summed E-state index contributed by atoms with van der Waals surface area (Å²) in [5.41, 5.74) is 8.64. The first-order valence-electron chi connectivity index (χ1n) is 7.38. The average Bonchev–Trinajstić information content (AvgIpc) is 2.79. The Morgan fingerprint density at radius 2 is 2.14 bits per heavy atom. The molecule has 2 N–H and O–H groups in total. The predicted molar refractivity (Wildman–Crippen MR) is 90.6 cm³/mol. The third kappa shape index (κ3) is 3.35. The van der Waals surface area contributed by atoms with Gasteiger partial charge in [-0.15, -0.1) is 11.3 Å². The topological polar surface area (TPSA) is 65.9 Å². The molecular formula is C17H18N4S. The van der Waals surface area contributed by atoms with Gasteiger partial charge in [0, 0.05) is 30.9 Å². The van der Waals surface area contributed by atoms with Crippen LogP contribution in [0.4, 0.5) is 5.13 Å². The zero-order valence-corrected chi connectivity index (χ0v) is 13.1. The lowest BCUT2D eigenvalue weighted by atomic mass is 10.1. The highest BCUT2D eigenvalue weighted by molar-refractivity contribution is 7.15. The maximum absolute atomic E-state index is 9.09. The first kappa shape index (κ1) is 14.8. The van der Waals surface area contributed by atoms with Gasteiger partial charge in [0.1, 0.15) is 0 Å². The maximum Gasteiger partial charge on any atom is 0.180 e. The Kier molecular flexibility index (Phi) is 4.52. The number of hydrogen-bond acceptors (Lipinski definition) is 5. The van der Waals surface area contributed by atoms with E-state index in [0.29, 0.717) is 5.13 Å². The number of aromatic nitrogens is 1. The Morgan fingerprint density at radius 3 is 3.00 bits per heavy atom. The van der Waals surface area contributed by atoms with Crippen LogP contribution in [0.25, 0.3) is 6.08 Å².